The largest absolute Gasteiger partial charge is 0.478 e. The van der Waals surface area contributed by atoms with Crippen LogP contribution in [-0.4, -0.2) is 54.4 Å². The van der Waals surface area contributed by atoms with Gasteiger partial charge in [-0.05, 0) is 66.6 Å². The number of thioether (sulfide) groups is 1. The van der Waals surface area contributed by atoms with Gasteiger partial charge in [0, 0.05) is 12.2 Å². The van der Waals surface area contributed by atoms with Crippen LogP contribution in [0.4, 0.5) is 0 Å². The molecule has 1 aliphatic rings. The zero-order valence-electron chi connectivity index (χ0n) is 16.1. The highest BCUT2D eigenvalue weighted by atomic mass is 32.2. The highest BCUT2D eigenvalue weighted by Crippen LogP contribution is 2.27. The van der Waals surface area contributed by atoms with E-state index in [1.54, 1.807) is 17.0 Å². The molecule has 0 bridgehead atoms. The Bertz CT molecular complexity index is 992. The van der Waals surface area contributed by atoms with E-state index in [0.29, 0.717) is 17.4 Å². The van der Waals surface area contributed by atoms with Crippen LogP contribution in [0.15, 0.2) is 65.0 Å². The lowest BCUT2D eigenvalue weighted by Gasteiger charge is -2.18. The lowest BCUT2D eigenvalue weighted by molar-refractivity contribution is -0.125. The molecule has 0 aliphatic carbocycles. The maximum Gasteiger partial charge on any atom is 0.335 e. The summed E-state index contributed by atoms with van der Waals surface area (Å²) in [4.78, 5) is 25.6. The summed E-state index contributed by atoms with van der Waals surface area (Å²) in [5, 5.41) is 21.1. The molecule has 29 heavy (non-hydrogen) atoms. The molecule has 1 N–H and O–H groups in total. The second-order valence-electron chi connectivity index (χ2n) is 6.22. The van der Waals surface area contributed by atoms with E-state index in [9.17, 15) is 9.59 Å². The minimum absolute atomic E-state index is 0.0154. The molecule has 1 amide bonds. The molecule has 0 fully saturated rings. The normalized spacial score (nSPS) is 14.5. The van der Waals surface area contributed by atoms with Gasteiger partial charge in [0.1, 0.15) is 0 Å². The Balaban J connectivity index is 1.72. The van der Waals surface area contributed by atoms with Crippen LogP contribution in [0.25, 0.3) is 5.69 Å². The Labute approximate surface area is 172 Å². The first kappa shape index (κ1) is 20.5. The quantitative estimate of drug-likeness (QED) is 0.699. The number of aromatic carboxylic acids is 1. The van der Waals surface area contributed by atoms with Gasteiger partial charge in [0.05, 0.1) is 17.0 Å². The highest BCUT2D eigenvalue weighted by molar-refractivity contribution is 7.99. The van der Waals surface area contributed by atoms with Crippen molar-refractivity contribution >= 4 is 23.6 Å². The van der Waals surface area contributed by atoms with Gasteiger partial charge in [-0.3, -0.25) is 4.79 Å². The molecule has 8 nitrogen and oxygen atoms in total. The van der Waals surface area contributed by atoms with Gasteiger partial charge in [-0.15, -0.1) is 5.10 Å². The molecule has 1 aromatic carbocycles. The Hall–Kier alpha value is -3.20. The predicted molar refractivity (Wildman–Crippen MR) is 110 cm³/mol. The maximum absolute atomic E-state index is 12.8. The summed E-state index contributed by atoms with van der Waals surface area (Å²) < 4.78 is 1.49. The van der Waals surface area contributed by atoms with Gasteiger partial charge in [-0.2, -0.15) is 4.68 Å². The van der Waals surface area contributed by atoms with Crippen molar-refractivity contribution in [3.05, 3.63) is 65.4 Å². The number of nitrogens with zero attached hydrogens (tertiary/aromatic N) is 5. The first-order valence-electron chi connectivity index (χ1n) is 9.09. The number of carboxylic acid groups (broad SMARTS) is 1. The number of allylic oxidation sites excluding steroid dienone is 4. The molecular formula is C20H21N5O3S. The summed E-state index contributed by atoms with van der Waals surface area (Å²) >= 11 is 1.24. The predicted octanol–water partition coefficient (Wildman–Crippen LogP) is 3.09. The van der Waals surface area contributed by atoms with Crippen molar-refractivity contribution in [1.82, 2.24) is 25.1 Å². The van der Waals surface area contributed by atoms with Crippen LogP contribution >= 0.6 is 11.8 Å². The summed E-state index contributed by atoms with van der Waals surface area (Å²) in [7, 11) is 0. The molecule has 0 saturated carbocycles. The second-order valence-corrected chi connectivity index (χ2v) is 7.16. The van der Waals surface area contributed by atoms with Crippen molar-refractivity contribution in [2.45, 2.75) is 25.4 Å². The van der Waals surface area contributed by atoms with Crippen molar-refractivity contribution in [3.8, 4) is 5.69 Å². The monoisotopic (exact) mass is 411 g/mol. The number of benzene rings is 1. The molecular weight excluding hydrogens is 390 g/mol. The molecule has 0 saturated heterocycles. The van der Waals surface area contributed by atoms with E-state index in [0.717, 1.165) is 17.7 Å². The number of tetrazole rings is 1. The lowest BCUT2D eigenvalue weighted by Crippen LogP contribution is -2.29. The smallest absolute Gasteiger partial charge is 0.335 e. The van der Waals surface area contributed by atoms with Crippen LogP contribution in [0, 0.1) is 0 Å². The van der Waals surface area contributed by atoms with E-state index in [1.165, 1.54) is 28.6 Å². The van der Waals surface area contributed by atoms with Crippen molar-refractivity contribution in [3.63, 3.8) is 0 Å². The fourth-order valence-electron chi connectivity index (χ4n) is 3.02. The van der Waals surface area contributed by atoms with Crippen molar-refractivity contribution in [1.29, 1.82) is 0 Å². The minimum Gasteiger partial charge on any atom is -0.478 e. The van der Waals surface area contributed by atoms with Gasteiger partial charge >= 0.3 is 5.97 Å². The maximum atomic E-state index is 12.8. The van der Waals surface area contributed by atoms with E-state index in [2.05, 4.69) is 15.5 Å². The van der Waals surface area contributed by atoms with Gasteiger partial charge in [-0.1, -0.05) is 30.0 Å². The average molecular weight is 411 g/mol. The summed E-state index contributed by atoms with van der Waals surface area (Å²) in [6.07, 6.45) is 8.73. The third-order valence-electron chi connectivity index (χ3n) is 4.34. The van der Waals surface area contributed by atoms with Crippen molar-refractivity contribution < 1.29 is 14.7 Å². The fraction of sp³-hybridized carbons (Fsp3) is 0.250. The molecule has 9 heteroatoms. The Morgan fingerprint density at radius 2 is 1.90 bits per heavy atom. The average Bonchev–Trinajstić information content (AvgIpc) is 3.34. The molecule has 0 unspecified atom stereocenters. The summed E-state index contributed by atoms with van der Waals surface area (Å²) in [5.41, 5.74) is 2.88. The first-order chi connectivity index (χ1) is 14.0. The van der Waals surface area contributed by atoms with Gasteiger partial charge in [0.15, 0.2) is 0 Å². The zero-order valence-corrected chi connectivity index (χ0v) is 17.0. The van der Waals surface area contributed by atoms with Crippen LogP contribution in [-0.2, 0) is 4.79 Å². The van der Waals surface area contributed by atoms with Crippen LogP contribution in [0.2, 0.25) is 0 Å². The van der Waals surface area contributed by atoms with E-state index in [4.69, 9.17) is 5.11 Å². The second kappa shape index (κ2) is 9.33. The third kappa shape index (κ3) is 4.62. The highest BCUT2D eigenvalue weighted by Gasteiger charge is 2.25. The number of amides is 1. The van der Waals surface area contributed by atoms with Crippen molar-refractivity contribution in [2.75, 3.05) is 12.3 Å². The number of carbonyl (C=O) groups is 2. The molecule has 0 atom stereocenters. The van der Waals surface area contributed by atoms with Gasteiger partial charge < -0.3 is 10.0 Å². The molecule has 0 radical (unpaired) electrons. The number of carboxylic acids is 1. The molecule has 1 aliphatic heterocycles. The SMILES string of the molecule is C/C=C\C1=C(/C=C\C)N(C(=O)CSc2nnnn2-c2ccc(C(=O)O)cc2)CC1. The van der Waals surface area contributed by atoms with Crippen LogP contribution in [0.1, 0.15) is 30.6 Å². The van der Waals surface area contributed by atoms with Crippen LogP contribution in [0.5, 0.6) is 0 Å². The Kier molecular flexibility index (Phi) is 6.61. The fourth-order valence-corrected chi connectivity index (χ4v) is 3.79. The molecule has 150 valence electrons. The summed E-state index contributed by atoms with van der Waals surface area (Å²) in [6, 6.07) is 6.23. The molecule has 1 aromatic heterocycles. The number of aromatic nitrogens is 4. The zero-order chi connectivity index (χ0) is 20.8. The molecule has 2 heterocycles. The van der Waals surface area contributed by atoms with Crippen LogP contribution in [0.3, 0.4) is 0 Å². The van der Waals surface area contributed by atoms with Crippen molar-refractivity contribution in [2.24, 2.45) is 0 Å². The van der Waals surface area contributed by atoms with E-state index >= 15 is 0 Å². The summed E-state index contributed by atoms with van der Waals surface area (Å²) in [6.45, 7) is 4.55. The molecule has 3 rings (SSSR count). The number of rotatable bonds is 7. The van der Waals surface area contributed by atoms with Gasteiger partial charge in [0.2, 0.25) is 11.1 Å². The topological polar surface area (TPSA) is 101 Å². The minimum atomic E-state index is -0.999. The Morgan fingerprint density at radius 3 is 2.55 bits per heavy atom. The Morgan fingerprint density at radius 1 is 1.17 bits per heavy atom. The van der Waals surface area contributed by atoms with Gasteiger partial charge in [0.25, 0.3) is 0 Å². The van der Waals surface area contributed by atoms with E-state index < -0.39 is 5.97 Å². The number of hydrogen-bond acceptors (Lipinski definition) is 6. The lowest BCUT2D eigenvalue weighted by atomic mass is 10.1. The molecule has 2 aromatic rings. The summed E-state index contributed by atoms with van der Waals surface area (Å²) in [5.74, 6) is -0.822. The van der Waals surface area contributed by atoms with Gasteiger partial charge in [-0.25, -0.2) is 4.79 Å². The third-order valence-corrected chi connectivity index (χ3v) is 5.25. The number of hydrogen-bond donors (Lipinski definition) is 1. The van der Waals surface area contributed by atoms with Crippen LogP contribution < -0.4 is 0 Å². The standard InChI is InChI=1S/C20H21N5O3S/c1-3-5-14-11-12-24(17(14)6-4-2)18(26)13-29-20-21-22-23-25(20)16-9-7-15(8-10-16)19(27)28/h3-10H,11-13H2,1-2H3,(H,27,28)/b5-3-,6-4-. The van der Waals surface area contributed by atoms with E-state index in [-0.39, 0.29) is 17.2 Å². The number of carbonyl (C=O) groups excluding carboxylic acids is 1. The first-order valence-corrected chi connectivity index (χ1v) is 10.1. The molecule has 0 spiro atoms. The van der Waals surface area contributed by atoms with E-state index in [1.807, 2.05) is 38.2 Å².